The van der Waals surface area contributed by atoms with E-state index in [1.165, 1.54) is 25.2 Å². The number of thiazole rings is 1. The third-order valence-corrected chi connectivity index (χ3v) is 5.11. The van der Waals surface area contributed by atoms with Crippen LogP contribution < -0.4 is 10.6 Å². The predicted octanol–water partition coefficient (Wildman–Crippen LogP) is 1.84. The molecular formula is C17H22N6O2S. The fourth-order valence-corrected chi connectivity index (χ4v) is 3.87. The number of aromatic nitrogens is 3. The van der Waals surface area contributed by atoms with Crippen molar-refractivity contribution in [3.05, 3.63) is 28.5 Å². The second-order valence-electron chi connectivity index (χ2n) is 6.43. The van der Waals surface area contributed by atoms with Gasteiger partial charge in [-0.25, -0.2) is 15.0 Å². The molecule has 2 amide bonds. The van der Waals surface area contributed by atoms with Gasteiger partial charge in [0.2, 0.25) is 17.8 Å². The zero-order valence-electron chi connectivity index (χ0n) is 15.1. The SMILES string of the molecule is CC(=O)Nc1ncc2c(n1)CCN(Cc1cnc(NC(C)=O)s1)[C@H](C)C2. The van der Waals surface area contributed by atoms with Crippen molar-refractivity contribution in [1.82, 2.24) is 19.9 Å². The van der Waals surface area contributed by atoms with Crippen molar-refractivity contribution in [2.75, 3.05) is 17.2 Å². The summed E-state index contributed by atoms with van der Waals surface area (Å²) in [7, 11) is 0. The largest absolute Gasteiger partial charge is 0.302 e. The van der Waals surface area contributed by atoms with Gasteiger partial charge in [0.15, 0.2) is 5.13 Å². The first kappa shape index (κ1) is 18.4. The van der Waals surface area contributed by atoms with Crippen LogP contribution in [0.5, 0.6) is 0 Å². The summed E-state index contributed by atoms with van der Waals surface area (Å²) in [6.45, 7) is 6.75. The highest BCUT2D eigenvalue weighted by atomic mass is 32.1. The van der Waals surface area contributed by atoms with Gasteiger partial charge >= 0.3 is 0 Å². The van der Waals surface area contributed by atoms with Crippen LogP contribution in [0.4, 0.5) is 11.1 Å². The Morgan fingerprint density at radius 1 is 1.23 bits per heavy atom. The van der Waals surface area contributed by atoms with Crippen LogP contribution in [0.1, 0.15) is 36.9 Å². The summed E-state index contributed by atoms with van der Waals surface area (Å²) in [5.41, 5.74) is 2.11. The van der Waals surface area contributed by atoms with Crippen molar-refractivity contribution in [3.63, 3.8) is 0 Å². The normalized spacial score (nSPS) is 17.3. The van der Waals surface area contributed by atoms with Crippen molar-refractivity contribution in [2.24, 2.45) is 0 Å². The molecule has 0 radical (unpaired) electrons. The van der Waals surface area contributed by atoms with Gasteiger partial charge in [0.1, 0.15) is 0 Å². The third kappa shape index (κ3) is 4.61. The molecule has 0 aliphatic carbocycles. The molecule has 0 bridgehead atoms. The summed E-state index contributed by atoms with van der Waals surface area (Å²) < 4.78 is 0. The first-order valence-corrected chi connectivity index (χ1v) is 9.31. The molecule has 0 saturated heterocycles. The quantitative estimate of drug-likeness (QED) is 0.847. The molecule has 26 heavy (non-hydrogen) atoms. The summed E-state index contributed by atoms with van der Waals surface area (Å²) in [6, 6.07) is 0.331. The first-order valence-electron chi connectivity index (χ1n) is 8.49. The molecule has 0 unspecified atom stereocenters. The molecule has 2 aromatic heterocycles. The molecule has 1 aliphatic heterocycles. The summed E-state index contributed by atoms with van der Waals surface area (Å²) in [6.07, 6.45) is 5.28. The van der Waals surface area contributed by atoms with Crippen LogP contribution in [0.3, 0.4) is 0 Å². The molecular weight excluding hydrogens is 352 g/mol. The fourth-order valence-electron chi connectivity index (χ4n) is 2.99. The highest BCUT2D eigenvalue weighted by Crippen LogP contribution is 2.24. The van der Waals surface area contributed by atoms with Gasteiger partial charge < -0.3 is 5.32 Å². The molecule has 138 valence electrons. The summed E-state index contributed by atoms with van der Waals surface area (Å²) in [4.78, 5) is 38.8. The molecule has 3 heterocycles. The maximum atomic E-state index is 11.2. The Morgan fingerprint density at radius 3 is 2.73 bits per heavy atom. The van der Waals surface area contributed by atoms with Crippen LogP contribution in [-0.2, 0) is 29.0 Å². The van der Waals surface area contributed by atoms with Gasteiger partial charge in [0.25, 0.3) is 0 Å². The highest BCUT2D eigenvalue weighted by Gasteiger charge is 2.23. The minimum Gasteiger partial charge on any atom is -0.302 e. The Kier molecular flexibility index (Phi) is 5.58. The average molecular weight is 374 g/mol. The van der Waals surface area contributed by atoms with Crippen LogP contribution in [0.25, 0.3) is 0 Å². The molecule has 3 rings (SSSR count). The third-order valence-electron chi connectivity index (χ3n) is 4.21. The first-order chi connectivity index (χ1) is 12.4. The van der Waals surface area contributed by atoms with Crippen molar-refractivity contribution in [2.45, 2.75) is 46.2 Å². The molecule has 1 atom stereocenters. The Bertz CT molecular complexity index is 821. The van der Waals surface area contributed by atoms with E-state index in [-0.39, 0.29) is 11.8 Å². The van der Waals surface area contributed by atoms with Gasteiger partial charge in [0, 0.05) is 56.7 Å². The van der Waals surface area contributed by atoms with E-state index in [9.17, 15) is 9.59 Å². The molecule has 0 spiro atoms. The monoisotopic (exact) mass is 374 g/mol. The number of nitrogens with zero attached hydrogens (tertiary/aromatic N) is 4. The topological polar surface area (TPSA) is 100 Å². The Hall–Kier alpha value is -2.39. The van der Waals surface area contributed by atoms with Gasteiger partial charge in [-0.2, -0.15) is 0 Å². The van der Waals surface area contributed by atoms with E-state index in [1.807, 2.05) is 12.4 Å². The fraction of sp³-hybridized carbons (Fsp3) is 0.471. The zero-order chi connectivity index (χ0) is 18.7. The number of fused-ring (bicyclic) bond motifs is 1. The van der Waals surface area contributed by atoms with E-state index in [0.717, 1.165) is 42.1 Å². The predicted molar refractivity (Wildman–Crippen MR) is 100 cm³/mol. The Balaban J connectivity index is 1.69. The molecule has 2 aromatic rings. The lowest BCUT2D eigenvalue weighted by Crippen LogP contribution is -2.33. The zero-order valence-corrected chi connectivity index (χ0v) is 15.9. The van der Waals surface area contributed by atoms with Crippen molar-refractivity contribution in [3.8, 4) is 0 Å². The molecule has 0 aromatic carbocycles. The maximum absolute atomic E-state index is 11.2. The number of amides is 2. The molecule has 1 aliphatic rings. The van der Waals surface area contributed by atoms with E-state index in [4.69, 9.17) is 0 Å². The molecule has 0 fully saturated rings. The second kappa shape index (κ2) is 7.88. The number of nitrogens with one attached hydrogen (secondary N) is 2. The van der Waals surface area contributed by atoms with Crippen molar-refractivity contribution in [1.29, 1.82) is 0 Å². The van der Waals surface area contributed by atoms with E-state index in [2.05, 4.69) is 37.4 Å². The number of hydrogen-bond donors (Lipinski definition) is 2. The lowest BCUT2D eigenvalue weighted by molar-refractivity contribution is -0.115. The van der Waals surface area contributed by atoms with Crippen LogP contribution >= 0.6 is 11.3 Å². The lowest BCUT2D eigenvalue weighted by atomic mass is 10.1. The molecule has 2 N–H and O–H groups in total. The maximum Gasteiger partial charge on any atom is 0.229 e. The van der Waals surface area contributed by atoms with Gasteiger partial charge in [0.05, 0.1) is 5.69 Å². The van der Waals surface area contributed by atoms with Gasteiger partial charge in [-0.3, -0.25) is 19.8 Å². The van der Waals surface area contributed by atoms with Crippen LogP contribution in [0.2, 0.25) is 0 Å². The van der Waals surface area contributed by atoms with Gasteiger partial charge in [-0.1, -0.05) is 0 Å². The van der Waals surface area contributed by atoms with E-state index in [1.54, 1.807) is 0 Å². The van der Waals surface area contributed by atoms with Crippen LogP contribution in [0, 0.1) is 0 Å². The smallest absolute Gasteiger partial charge is 0.229 e. The summed E-state index contributed by atoms with van der Waals surface area (Å²) in [5.74, 6) is 0.0755. The summed E-state index contributed by atoms with van der Waals surface area (Å²) in [5, 5.41) is 5.99. The summed E-state index contributed by atoms with van der Waals surface area (Å²) >= 11 is 1.50. The highest BCUT2D eigenvalue weighted by molar-refractivity contribution is 7.15. The van der Waals surface area contributed by atoms with Crippen LogP contribution in [0.15, 0.2) is 12.4 Å². The number of carbonyl (C=O) groups excluding carboxylic acids is 2. The Morgan fingerprint density at radius 2 is 2.00 bits per heavy atom. The number of anilines is 2. The molecule has 0 saturated carbocycles. The van der Waals surface area contributed by atoms with E-state index >= 15 is 0 Å². The molecule has 9 heteroatoms. The molecule has 8 nitrogen and oxygen atoms in total. The van der Waals surface area contributed by atoms with Gasteiger partial charge in [-0.15, -0.1) is 11.3 Å². The van der Waals surface area contributed by atoms with E-state index < -0.39 is 0 Å². The lowest BCUT2D eigenvalue weighted by Gasteiger charge is -2.25. The van der Waals surface area contributed by atoms with Gasteiger partial charge in [-0.05, 0) is 18.9 Å². The second-order valence-corrected chi connectivity index (χ2v) is 7.55. The van der Waals surface area contributed by atoms with E-state index in [0.29, 0.717) is 17.1 Å². The Labute approximate surface area is 156 Å². The van der Waals surface area contributed by atoms with Crippen LogP contribution in [-0.4, -0.2) is 44.3 Å². The minimum atomic E-state index is -0.172. The average Bonchev–Trinajstić information content (AvgIpc) is 2.92. The number of hydrogen-bond acceptors (Lipinski definition) is 7. The number of carbonyl (C=O) groups is 2. The van der Waals surface area contributed by atoms with Crippen molar-refractivity contribution < 1.29 is 9.59 Å². The minimum absolute atomic E-state index is 0.113. The number of rotatable bonds is 4. The van der Waals surface area contributed by atoms with Crippen molar-refractivity contribution >= 4 is 34.2 Å². The standard InChI is InChI=1S/C17H22N6O2S/c1-10-6-13-7-18-16(20-11(2)24)22-15(13)4-5-23(10)9-14-8-19-17(26-14)21-12(3)25/h7-8,10H,4-6,9H2,1-3H3,(H,19,21,25)(H,18,20,22,24)/t10-/m1/s1.